The first-order valence-electron chi connectivity index (χ1n) is 10.2. The highest BCUT2D eigenvalue weighted by atomic mass is 16.5. The number of hydrogen-bond donors (Lipinski definition) is 0. The number of piperazine rings is 1. The minimum atomic E-state index is 0.447. The Bertz CT molecular complexity index is 807. The molecule has 138 valence electrons. The standard InChI is InChI=1S/C21H28N4O/c1-15-19-12-16-4-2-5-17(16)13-20(19)23-21(22-15)25-9-7-24(8-10-25)14-18-6-3-11-26-18/h12-13,18H,2-11,14H2,1H3/t18-/m1/s1. The van der Waals surface area contributed by atoms with Gasteiger partial charge in [0, 0.05) is 44.7 Å². The van der Waals surface area contributed by atoms with Crippen molar-refractivity contribution >= 4 is 16.9 Å². The van der Waals surface area contributed by atoms with Crippen molar-refractivity contribution in [1.29, 1.82) is 0 Å². The lowest BCUT2D eigenvalue weighted by atomic mass is 10.1. The lowest BCUT2D eigenvalue weighted by Gasteiger charge is -2.35. The number of benzene rings is 1. The van der Waals surface area contributed by atoms with E-state index in [1.54, 1.807) is 0 Å². The fourth-order valence-corrected chi connectivity index (χ4v) is 4.68. The van der Waals surface area contributed by atoms with Crippen LogP contribution >= 0.6 is 0 Å². The monoisotopic (exact) mass is 352 g/mol. The van der Waals surface area contributed by atoms with E-state index in [9.17, 15) is 0 Å². The molecule has 0 radical (unpaired) electrons. The van der Waals surface area contributed by atoms with Crippen molar-refractivity contribution in [3.63, 3.8) is 0 Å². The third-order valence-electron chi connectivity index (χ3n) is 6.23. The molecule has 3 aliphatic rings. The maximum absolute atomic E-state index is 5.79. The Morgan fingerprint density at radius 2 is 1.85 bits per heavy atom. The van der Waals surface area contributed by atoms with Crippen LogP contribution in [0.5, 0.6) is 0 Å². The Morgan fingerprint density at radius 1 is 1.04 bits per heavy atom. The van der Waals surface area contributed by atoms with Crippen LogP contribution in [0.3, 0.4) is 0 Å². The first-order chi connectivity index (χ1) is 12.8. The van der Waals surface area contributed by atoms with E-state index in [2.05, 4.69) is 28.9 Å². The van der Waals surface area contributed by atoms with E-state index in [4.69, 9.17) is 14.7 Å². The summed E-state index contributed by atoms with van der Waals surface area (Å²) in [5.74, 6) is 0.907. The zero-order chi connectivity index (χ0) is 17.5. The summed E-state index contributed by atoms with van der Waals surface area (Å²) in [5.41, 5.74) is 5.22. The molecule has 2 aliphatic heterocycles. The minimum absolute atomic E-state index is 0.447. The number of rotatable bonds is 3. The van der Waals surface area contributed by atoms with Gasteiger partial charge in [-0.1, -0.05) is 0 Å². The van der Waals surface area contributed by atoms with E-state index in [1.807, 2.05) is 0 Å². The normalized spacial score (nSPS) is 23.7. The molecule has 0 N–H and O–H groups in total. The molecule has 1 aromatic heterocycles. The van der Waals surface area contributed by atoms with Gasteiger partial charge in [-0.2, -0.15) is 0 Å². The van der Waals surface area contributed by atoms with E-state index >= 15 is 0 Å². The van der Waals surface area contributed by atoms with Gasteiger partial charge in [0.2, 0.25) is 5.95 Å². The lowest BCUT2D eigenvalue weighted by Crippen LogP contribution is -2.49. The number of ether oxygens (including phenoxy) is 1. The van der Waals surface area contributed by atoms with Crippen molar-refractivity contribution < 1.29 is 4.74 Å². The summed E-state index contributed by atoms with van der Waals surface area (Å²) in [4.78, 5) is 14.7. The summed E-state index contributed by atoms with van der Waals surface area (Å²) in [7, 11) is 0. The number of aryl methyl sites for hydroxylation is 3. The van der Waals surface area contributed by atoms with Gasteiger partial charge in [-0.05, 0) is 62.3 Å². The van der Waals surface area contributed by atoms with Gasteiger partial charge < -0.3 is 9.64 Å². The molecule has 0 unspecified atom stereocenters. The van der Waals surface area contributed by atoms with Gasteiger partial charge in [-0.15, -0.1) is 0 Å². The molecule has 2 aromatic rings. The molecule has 1 atom stereocenters. The molecule has 0 amide bonds. The largest absolute Gasteiger partial charge is 0.377 e. The van der Waals surface area contributed by atoms with Gasteiger partial charge in [0.15, 0.2) is 0 Å². The number of nitrogens with zero attached hydrogens (tertiary/aromatic N) is 4. The molecule has 0 bridgehead atoms. The summed E-state index contributed by atoms with van der Waals surface area (Å²) in [6.45, 7) is 8.30. The van der Waals surface area contributed by atoms with Crippen molar-refractivity contribution in [2.75, 3.05) is 44.2 Å². The Labute approximate surface area is 155 Å². The molecule has 5 heteroatoms. The highest BCUT2D eigenvalue weighted by Crippen LogP contribution is 2.29. The second-order valence-corrected chi connectivity index (χ2v) is 8.02. The fourth-order valence-electron chi connectivity index (χ4n) is 4.68. The highest BCUT2D eigenvalue weighted by Gasteiger charge is 2.24. The molecule has 3 heterocycles. The van der Waals surface area contributed by atoms with Crippen molar-refractivity contribution in [2.45, 2.75) is 45.1 Å². The maximum Gasteiger partial charge on any atom is 0.226 e. The van der Waals surface area contributed by atoms with Crippen LogP contribution in [-0.4, -0.2) is 60.3 Å². The Morgan fingerprint density at radius 3 is 2.62 bits per heavy atom. The topological polar surface area (TPSA) is 41.5 Å². The van der Waals surface area contributed by atoms with Crippen LogP contribution in [-0.2, 0) is 17.6 Å². The molecule has 0 saturated carbocycles. The zero-order valence-electron chi connectivity index (χ0n) is 15.7. The second kappa shape index (κ2) is 6.78. The van der Waals surface area contributed by atoms with Crippen LogP contribution in [0.25, 0.3) is 10.9 Å². The molecule has 2 fully saturated rings. The van der Waals surface area contributed by atoms with Crippen molar-refractivity contribution in [1.82, 2.24) is 14.9 Å². The molecule has 5 rings (SSSR count). The van der Waals surface area contributed by atoms with Gasteiger partial charge in [0.05, 0.1) is 17.3 Å². The Balaban J connectivity index is 1.32. The fraction of sp³-hybridized carbons (Fsp3) is 0.619. The van der Waals surface area contributed by atoms with E-state index in [-0.39, 0.29) is 0 Å². The molecule has 1 aromatic carbocycles. The smallest absolute Gasteiger partial charge is 0.226 e. The van der Waals surface area contributed by atoms with Gasteiger partial charge >= 0.3 is 0 Å². The van der Waals surface area contributed by atoms with Crippen molar-refractivity contribution in [3.05, 3.63) is 29.0 Å². The molecule has 1 aliphatic carbocycles. The lowest BCUT2D eigenvalue weighted by molar-refractivity contribution is 0.0712. The van der Waals surface area contributed by atoms with Crippen molar-refractivity contribution in [3.8, 4) is 0 Å². The van der Waals surface area contributed by atoms with E-state index < -0.39 is 0 Å². The average Bonchev–Trinajstić information content (AvgIpc) is 3.32. The maximum atomic E-state index is 5.79. The highest BCUT2D eigenvalue weighted by molar-refractivity contribution is 5.84. The molecule has 2 saturated heterocycles. The quantitative estimate of drug-likeness (QED) is 0.850. The Kier molecular flexibility index (Phi) is 4.29. The van der Waals surface area contributed by atoms with Crippen LogP contribution < -0.4 is 4.90 Å². The molecular formula is C21H28N4O. The summed E-state index contributed by atoms with van der Waals surface area (Å²) in [6.07, 6.45) is 6.57. The number of aromatic nitrogens is 2. The molecular weight excluding hydrogens is 324 g/mol. The van der Waals surface area contributed by atoms with Gasteiger partial charge in [0.25, 0.3) is 0 Å². The third-order valence-corrected chi connectivity index (χ3v) is 6.23. The van der Waals surface area contributed by atoms with Gasteiger partial charge in [-0.25, -0.2) is 9.97 Å². The van der Waals surface area contributed by atoms with E-state index in [0.717, 1.165) is 56.5 Å². The van der Waals surface area contributed by atoms with E-state index in [1.165, 1.54) is 48.6 Å². The van der Waals surface area contributed by atoms with Crippen molar-refractivity contribution in [2.24, 2.45) is 0 Å². The first-order valence-corrected chi connectivity index (χ1v) is 10.2. The summed E-state index contributed by atoms with van der Waals surface area (Å²) >= 11 is 0. The molecule has 26 heavy (non-hydrogen) atoms. The summed E-state index contributed by atoms with van der Waals surface area (Å²) < 4.78 is 5.79. The zero-order valence-corrected chi connectivity index (χ0v) is 15.7. The SMILES string of the molecule is Cc1nc(N2CCN(C[C@H]3CCCO3)CC2)nc2cc3c(cc12)CCC3. The summed E-state index contributed by atoms with van der Waals surface area (Å²) in [5, 5.41) is 1.23. The van der Waals surface area contributed by atoms with Gasteiger partial charge in [0.1, 0.15) is 0 Å². The van der Waals surface area contributed by atoms with Crippen LogP contribution in [0.15, 0.2) is 12.1 Å². The van der Waals surface area contributed by atoms with Crippen LogP contribution in [0.2, 0.25) is 0 Å². The van der Waals surface area contributed by atoms with Gasteiger partial charge in [-0.3, -0.25) is 4.90 Å². The average molecular weight is 352 g/mol. The predicted octanol–water partition coefficient (Wildman–Crippen LogP) is 2.73. The number of hydrogen-bond acceptors (Lipinski definition) is 5. The van der Waals surface area contributed by atoms with Crippen LogP contribution in [0.1, 0.15) is 36.1 Å². The predicted molar refractivity (Wildman–Crippen MR) is 104 cm³/mol. The summed E-state index contributed by atoms with van der Waals surface area (Å²) in [6, 6.07) is 4.64. The minimum Gasteiger partial charge on any atom is -0.377 e. The molecule has 0 spiro atoms. The third kappa shape index (κ3) is 3.08. The van der Waals surface area contributed by atoms with E-state index in [0.29, 0.717) is 6.10 Å². The molecule has 5 nitrogen and oxygen atoms in total. The number of fused-ring (bicyclic) bond motifs is 2. The Hall–Kier alpha value is -1.72. The second-order valence-electron chi connectivity index (χ2n) is 8.02. The van der Waals surface area contributed by atoms with Crippen LogP contribution in [0, 0.1) is 6.92 Å². The first kappa shape index (κ1) is 16.5. The van der Waals surface area contributed by atoms with Crippen LogP contribution in [0.4, 0.5) is 5.95 Å². The number of anilines is 1.